The number of nitrogens with one attached hydrogen (secondary N) is 1. The lowest BCUT2D eigenvalue weighted by molar-refractivity contribution is -0.117. The van der Waals surface area contributed by atoms with Crippen molar-refractivity contribution in [3.05, 3.63) is 25.6 Å². The maximum atomic E-state index is 12.1. The van der Waals surface area contributed by atoms with E-state index in [1.54, 1.807) is 0 Å². The summed E-state index contributed by atoms with van der Waals surface area (Å²) in [5, 5.41) is 2.91. The first-order chi connectivity index (χ1) is 9.64. The van der Waals surface area contributed by atoms with E-state index in [0.717, 1.165) is 25.7 Å². The van der Waals surface area contributed by atoms with Crippen LogP contribution in [0.4, 0.5) is 5.69 Å². The van der Waals surface area contributed by atoms with Gasteiger partial charge < -0.3 is 11.1 Å². The molecule has 0 spiro atoms. The Labute approximate surface area is 151 Å². The number of hydrogen-bond donors (Lipinski definition) is 2. The van der Waals surface area contributed by atoms with Crippen LogP contribution in [-0.2, 0) is 4.79 Å². The van der Waals surface area contributed by atoms with Crippen LogP contribution in [0.1, 0.15) is 13.8 Å². The van der Waals surface area contributed by atoms with E-state index in [-0.39, 0.29) is 11.3 Å². The van der Waals surface area contributed by atoms with Gasteiger partial charge in [0.05, 0.1) is 12.2 Å². The maximum Gasteiger partial charge on any atom is 0.238 e. The fourth-order valence-electron chi connectivity index (χ4n) is 1.94. The summed E-state index contributed by atoms with van der Waals surface area (Å²) in [4.78, 5) is 14.1. The first-order valence-corrected chi connectivity index (χ1v) is 8.85. The number of nitrogens with two attached hydrogens (primary N) is 1. The lowest BCUT2D eigenvalue weighted by Gasteiger charge is -2.28. The molecular formula is C14H20Br3N3O. The molecule has 0 aliphatic heterocycles. The highest BCUT2D eigenvalue weighted by molar-refractivity contribution is 9.11. The molecule has 0 aromatic heterocycles. The van der Waals surface area contributed by atoms with E-state index in [9.17, 15) is 4.79 Å². The summed E-state index contributed by atoms with van der Waals surface area (Å²) >= 11 is 10.3. The van der Waals surface area contributed by atoms with Crippen molar-refractivity contribution in [2.24, 2.45) is 11.1 Å². The first kappa shape index (κ1) is 19.1. The zero-order chi connectivity index (χ0) is 16.2. The molecule has 4 nitrogen and oxygen atoms in total. The molecule has 1 aromatic rings. The minimum Gasteiger partial charge on any atom is -0.330 e. The number of halogens is 3. The Balaban J connectivity index is 2.66. The summed E-state index contributed by atoms with van der Waals surface area (Å²) < 4.78 is 2.57. The molecule has 0 aliphatic carbocycles. The number of likely N-dealkylation sites (N-methyl/N-ethyl adjacent to an activating group) is 1. The third-order valence-electron chi connectivity index (χ3n) is 2.94. The molecule has 0 saturated heterocycles. The monoisotopic (exact) mass is 483 g/mol. The largest absolute Gasteiger partial charge is 0.330 e. The lowest BCUT2D eigenvalue weighted by atomic mass is 9.93. The molecule has 0 atom stereocenters. The summed E-state index contributed by atoms with van der Waals surface area (Å²) in [5.41, 5.74) is 6.44. The van der Waals surface area contributed by atoms with Crippen molar-refractivity contribution in [2.75, 3.05) is 32.0 Å². The smallest absolute Gasteiger partial charge is 0.238 e. The predicted octanol–water partition coefficient (Wildman–Crippen LogP) is 3.83. The molecule has 0 radical (unpaired) electrons. The van der Waals surface area contributed by atoms with Gasteiger partial charge in [-0.1, -0.05) is 29.8 Å². The fourth-order valence-corrected chi connectivity index (χ4v) is 4.39. The number of carbonyl (C=O) groups excluding carboxylic acids is 1. The molecular weight excluding hydrogens is 466 g/mol. The Bertz CT molecular complexity index is 497. The van der Waals surface area contributed by atoms with Crippen molar-refractivity contribution in [2.45, 2.75) is 13.8 Å². The van der Waals surface area contributed by atoms with Gasteiger partial charge in [0.15, 0.2) is 0 Å². The summed E-state index contributed by atoms with van der Waals surface area (Å²) in [7, 11) is 1.92. The molecule has 0 bridgehead atoms. The molecule has 0 fully saturated rings. The van der Waals surface area contributed by atoms with Crippen LogP contribution < -0.4 is 11.1 Å². The number of amides is 1. The second kappa shape index (κ2) is 8.06. The highest BCUT2D eigenvalue weighted by Gasteiger charge is 2.20. The van der Waals surface area contributed by atoms with Crippen LogP contribution in [0.3, 0.4) is 0 Å². The van der Waals surface area contributed by atoms with Crippen LogP contribution in [0.15, 0.2) is 25.6 Å². The molecule has 118 valence electrons. The van der Waals surface area contributed by atoms with Crippen molar-refractivity contribution in [1.82, 2.24) is 4.90 Å². The Morgan fingerprint density at radius 2 is 1.81 bits per heavy atom. The number of rotatable bonds is 6. The Morgan fingerprint density at radius 3 is 2.29 bits per heavy atom. The van der Waals surface area contributed by atoms with Gasteiger partial charge in [0, 0.05) is 20.0 Å². The van der Waals surface area contributed by atoms with Gasteiger partial charge in [0.1, 0.15) is 0 Å². The molecule has 0 heterocycles. The molecule has 1 aromatic carbocycles. The van der Waals surface area contributed by atoms with E-state index in [0.29, 0.717) is 13.1 Å². The van der Waals surface area contributed by atoms with Gasteiger partial charge in [-0.3, -0.25) is 9.69 Å². The predicted molar refractivity (Wildman–Crippen MR) is 98.5 cm³/mol. The minimum atomic E-state index is -0.0611. The van der Waals surface area contributed by atoms with E-state index >= 15 is 0 Å². The third kappa shape index (κ3) is 6.36. The van der Waals surface area contributed by atoms with Crippen LogP contribution in [0, 0.1) is 5.41 Å². The lowest BCUT2D eigenvalue weighted by Crippen LogP contribution is -2.40. The van der Waals surface area contributed by atoms with Gasteiger partial charge in [-0.2, -0.15) is 0 Å². The highest BCUT2D eigenvalue weighted by Crippen LogP contribution is 2.34. The van der Waals surface area contributed by atoms with Crippen molar-refractivity contribution in [3.8, 4) is 0 Å². The van der Waals surface area contributed by atoms with Gasteiger partial charge >= 0.3 is 0 Å². The summed E-state index contributed by atoms with van der Waals surface area (Å²) in [6, 6.07) is 3.78. The van der Waals surface area contributed by atoms with Crippen LogP contribution >= 0.6 is 47.8 Å². The SMILES string of the molecule is CN(CC(=O)Nc1c(Br)cc(Br)cc1Br)CC(C)(C)CN. The van der Waals surface area contributed by atoms with Crippen LogP contribution in [0.2, 0.25) is 0 Å². The zero-order valence-corrected chi connectivity index (χ0v) is 17.1. The van der Waals surface area contributed by atoms with E-state index in [1.165, 1.54) is 0 Å². The number of anilines is 1. The Hall–Kier alpha value is 0.0500. The number of carbonyl (C=O) groups is 1. The molecule has 0 unspecified atom stereocenters. The normalized spacial score (nSPS) is 11.8. The van der Waals surface area contributed by atoms with Crippen molar-refractivity contribution in [3.63, 3.8) is 0 Å². The van der Waals surface area contributed by atoms with Crippen molar-refractivity contribution in [1.29, 1.82) is 0 Å². The quantitative estimate of drug-likeness (QED) is 0.644. The maximum absolute atomic E-state index is 12.1. The van der Waals surface area contributed by atoms with Crippen molar-refractivity contribution >= 4 is 59.4 Å². The van der Waals surface area contributed by atoms with Gasteiger partial charge in [-0.05, 0) is 63.0 Å². The summed E-state index contributed by atoms with van der Waals surface area (Å²) in [6.07, 6.45) is 0. The van der Waals surface area contributed by atoms with Crippen LogP contribution in [0.25, 0.3) is 0 Å². The van der Waals surface area contributed by atoms with Gasteiger partial charge in [-0.15, -0.1) is 0 Å². The molecule has 1 rings (SSSR count). The third-order valence-corrected chi connectivity index (χ3v) is 4.64. The summed E-state index contributed by atoms with van der Waals surface area (Å²) in [5.74, 6) is -0.0611. The van der Waals surface area contributed by atoms with E-state index in [2.05, 4.69) is 67.0 Å². The fraction of sp³-hybridized carbons (Fsp3) is 0.500. The van der Waals surface area contributed by atoms with Gasteiger partial charge in [0.25, 0.3) is 0 Å². The number of hydrogen-bond acceptors (Lipinski definition) is 3. The molecule has 3 N–H and O–H groups in total. The Morgan fingerprint density at radius 1 is 1.29 bits per heavy atom. The Kier molecular flexibility index (Phi) is 7.33. The van der Waals surface area contributed by atoms with Crippen LogP contribution in [0.5, 0.6) is 0 Å². The van der Waals surface area contributed by atoms with E-state index in [4.69, 9.17) is 5.73 Å². The van der Waals surface area contributed by atoms with E-state index < -0.39 is 0 Å². The molecule has 0 saturated carbocycles. The zero-order valence-electron chi connectivity index (χ0n) is 12.3. The second-order valence-electron chi connectivity index (χ2n) is 5.83. The molecule has 1 amide bonds. The van der Waals surface area contributed by atoms with Gasteiger partial charge in [-0.25, -0.2) is 0 Å². The highest BCUT2D eigenvalue weighted by atomic mass is 79.9. The van der Waals surface area contributed by atoms with Crippen LogP contribution in [-0.4, -0.2) is 37.5 Å². The van der Waals surface area contributed by atoms with E-state index in [1.807, 2.05) is 24.1 Å². The average Bonchev–Trinajstić information content (AvgIpc) is 2.32. The summed E-state index contributed by atoms with van der Waals surface area (Å²) in [6.45, 7) is 5.84. The second-order valence-corrected chi connectivity index (χ2v) is 8.46. The average molecular weight is 486 g/mol. The number of benzene rings is 1. The minimum absolute atomic E-state index is 0.00614. The molecule has 7 heteroatoms. The standard InChI is InChI=1S/C14H20Br3N3O/c1-14(2,7-18)8-20(3)6-12(21)19-13-10(16)4-9(15)5-11(13)17/h4-5H,6-8,18H2,1-3H3,(H,19,21). The topological polar surface area (TPSA) is 58.4 Å². The number of nitrogens with zero attached hydrogens (tertiary/aromatic N) is 1. The van der Waals surface area contributed by atoms with Gasteiger partial charge in [0.2, 0.25) is 5.91 Å². The van der Waals surface area contributed by atoms with Crippen molar-refractivity contribution < 1.29 is 4.79 Å². The molecule has 0 aliphatic rings. The molecule has 21 heavy (non-hydrogen) atoms. The first-order valence-electron chi connectivity index (χ1n) is 6.47.